The van der Waals surface area contributed by atoms with Crippen molar-refractivity contribution in [1.82, 2.24) is 9.78 Å². The fourth-order valence-corrected chi connectivity index (χ4v) is 5.27. The number of benzene rings is 2. The zero-order valence-corrected chi connectivity index (χ0v) is 22.3. The summed E-state index contributed by atoms with van der Waals surface area (Å²) < 4.78 is 34.1. The van der Waals surface area contributed by atoms with Gasteiger partial charge in [0, 0.05) is 25.1 Å². The number of aliphatic hydroxyl groups is 1. The van der Waals surface area contributed by atoms with Crippen LogP contribution in [-0.4, -0.2) is 57.6 Å². The van der Waals surface area contributed by atoms with Crippen molar-refractivity contribution in [2.24, 2.45) is 0 Å². The van der Waals surface area contributed by atoms with E-state index >= 15 is 0 Å². The molecule has 0 saturated carbocycles. The van der Waals surface area contributed by atoms with Crippen molar-refractivity contribution in [2.75, 3.05) is 30.5 Å². The molecule has 2 aromatic carbocycles. The first-order chi connectivity index (χ1) is 15.4. The van der Waals surface area contributed by atoms with Crippen molar-refractivity contribution >= 4 is 46.3 Å². The second-order valence-electron chi connectivity index (χ2n) is 9.66. The Hall–Kier alpha value is -1.91. The maximum Gasteiger partial charge on any atom is 0.234 e. The highest BCUT2D eigenvalue weighted by Crippen LogP contribution is 2.34. The lowest BCUT2D eigenvalue weighted by molar-refractivity contribution is 0.156. The Kier molecular flexibility index (Phi) is 7.60. The lowest BCUT2D eigenvalue weighted by Gasteiger charge is -2.30. The largest absolute Gasteiger partial charge is 0.393 e. The van der Waals surface area contributed by atoms with Crippen molar-refractivity contribution in [2.45, 2.75) is 38.1 Å². The summed E-state index contributed by atoms with van der Waals surface area (Å²) in [6, 6.07) is 13.6. The molecule has 1 heterocycles. The molecule has 0 spiro atoms. The third kappa shape index (κ3) is 5.78. The maximum absolute atomic E-state index is 12.7. The molecule has 3 aromatic rings. The number of hydrogen-bond acceptors (Lipinski definition) is 5. The van der Waals surface area contributed by atoms with E-state index in [0.29, 0.717) is 28.2 Å². The fraction of sp³-hybridized carbons (Fsp3) is 0.435. The summed E-state index contributed by atoms with van der Waals surface area (Å²) in [4.78, 5) is 0. The monoisotopic (exact) mass is 509 g/mol. The van der Waals surface area contributed by atoms with Crippen LogP contribution in [0, 0.1) is 0 Å². The van der Waals surface area contributed by atoms with Crippen LogP contribution in [0.15, 0.2) is 48.7 Å². The smallest absolute Gasteiger partial charge is 0.234 e. The van der Waals surface area contributed by atoms with E-state index in [9.17, 15) is 13.5 Å². The van der Waals surface area contributed by atoms with E-state index in [1.807, 2.05) is 25.1 Å². The van der Waals surface area contributed by atoms with Gasteiger partial charge in [-0.15, -0.1) is 0 Å². The highest BCUT2D eigenvalue weighted by molar-refractivity contribution is 7.92. The number of sulfonamides is 1. The molecule has 33 heavy (non-hydrogen) atoms. The zero-order valence-electron chi connectivity index (χ0n) is 19.7. The summed E-state index contributed by atoms with van der Waals surface area (Å²) in [6.45, 7) is 8.86. The maximum atomic E-state index is 12.7. The highest BCUT2D eigenvalue weighted by Gasteiger charge is 2.32. The summed E-state index contributed by atoms with van der Waals surface area (Å²) in [5.74, 6) is 0. The second-order valence-corrected chi connectivity index (χ2v) is 17.6. The molecular weight excluding hydrogens is 478 g/mol. The number of aliphatic hydroxyl groups excluding tert-OH is 1. The summed E-state index contributed by atoms with van der Waals surface area (Å²) in [7, 11) is -4.89. The van der Waals surface area contributed by atoms with Gasteiger partial charge >= 0.3 is 0 Å². The number of ether oxygens (including phenoxy) is 1. The lowest BCUT2D eigenvalue weighted by atomic mass is 9.93. The van der Waals surface area contributed by atoms with Crippen molar-refractivity contribution in [3.8, 4) is 0 Å². The van der Waals surface area contributed by atoms with Crippen LogP contribution in [0.25, 0.3) is 10.9 Å². The number of fused-ring (bicyclic) bond motifs is 1. The Morgan fingerprint density at radius 3 is 2.42 bits per heavy atom. The first kappa shape index (κ1) is 25.7. The van der Waals surface area contributed by atoms with Gasteiger partial charge in [-0.05, 0) is 42.8 Å². The van der Waals surface area contributed by atoms with Gasteiger partial charge in [-0.1, -0.05) is 49.4 Å². The molecule has 0 radical (unpaired) electrons. The quantitative estimate of drug-likeness (QED) is 0.247. The highest BCUT2D eigenvalue weighted by atomic mass is 35.5. The van der Waals surface area contributed by atoms with E-state index in [-0.39, 0.29) is 13.3 Å². The average molecular weight is 510 g/mol. The lowest BCUT2D eigenvalue weighted by Crippen LogP contribution is -2.36. The van der Waals surface area contributed by atoms with E-state index in [0.717, 1.165) is 11.6 Å². The van der Waals surface area contributed by atoms with Gasteiger partial charge < -0.3 is 9.84 Å². The molecule has 7 nitrogen and oxygen atoms in total. The van der Waals surface area contributed by atoms with E-state index in [2.05, 4.69) is 24.7 Å². The van der Waals surface area contributed by atoms with E-state index in [1.54, 1.807) is 35.1 Å². The van der Waals surface area contributed by atoms with Gasteiger partial charge in [-0.25, -0.2) is 12.7 Å². The van der Waals surface area contributed by atoms with Gasteiger partial charge in [0.2, 0.25) is 10.0 Å². The molecule has 1 atom stereocenters. The average Bonchev–Trinajstić information content (AvgIpc) is 3.17. The predicted octanol–water partition coefficient (Wildman–Crippen LogP) is 4.52. The number of hydrogen-bond donors (Lipinski definition) is 1. The van der Waals surface area contributed by atoms with Gasteiger partial charge in [-0.2, -0.15) is 5.10 Å². The number of nitrogens with zero attached hydrogens (tertiary/aromatic N) is 3. The number of aromatic nitrogens is 2. The van der Waals surface area contributed by atoms with Gasteiger partial charge in [0.25, 0.3) is 0 Å². The van der Waals surface area contributed by atoms with Crippen LogP contribution >= 0.6 is 11.6 Å². The Balaban J connectivity index is 2.02. The molecule has 1 N–H and O–H groups in total. The van der Waals surface area contributed by atoms with E-state index in [4.69, 9.17) is 16.3 Å². The third-order valence-corrected chi connectivity index (χ3v) is 8.76. The summed E-state index contributed by atoms with van der Waals surface area (Å²) in [5, 5.41) is 16.2. The minimum absolute atomic E-state index is 0.0674. The molecule has 0 fully saturated rings. The normalized spacial score (nSPS) is 14.4. The van der Waals surface area contributed by atoms with Crippen molar-refractivity contribution in [3.05, 3.63) is 59.2 Å². The molecule has 180 valence electrons. The summed E-state index contributed by atoms with van der Waals surface area (Å²) >= 11 is 6.04. The Labute approximate surface area is 202 Å². The molecule has 0 bridgehead atoms. The van der Waals surface area contributed by atoms with Crippen molar-refractivity contribution < 1.29 is 18.3 Å². The van der Waals surface area contributed by atoms with Crippen LogP contribution in [0.1, 0.15) is 12.5 Å². The molecule has 10 heteroatoms. The number of rotatable bonds is 10. The molecule has 1 unspecified atom stereocenters. The molecule has 3 rings (SSSR count). The predicted molar refractivity (Wildman–Crippen MR) is 137 cm³/mol. The Bertz CT molecular complexity index is 1210. The first-order valence-corrected chi connectivity index (χ1v) is 16.7. The van der Waals surface area contributed by atoms with Crippen LogP contribution in [0.2, 0.25) is 30.7 Å². The second kappa shape index (κ2) is 9.75. The molecule has 1 aromatic heterocycles. The van der Waals surface area contributed by atoms with Crippen LogP contribution in [-0.2, 0) is 20.3 Å². The van der Waals surface area contributed by atoms with Crippen LogP contribution < -0.4 is 4.31 Å². The van der Waals surface area contributed by atoms with Crippen LogP contribution in [0.5, 0.6) is 0 Å². The minimum atomic E-state index is -3.60. The van der Waals surface area contributed by atoms with Gasteiger partial charge in [0.1, 0.15) is 12.3 Å². The summed E-state index contributed by atoms with van der Waals surface area (Å²) in [6.07, 6.45) is 2.80. The van der Waals surface area contributed by atoms with E-state index < -0.39 is 23.6 Å². The van der Waals surface area contributed by atoms with Gasteiger partial charge in [-0.3, -0.25) is 4.68 Å². The zero-order chi connectivity index (χ0) is 24.4. The fourth-order valence-electron chi connectivity index (χ4n) is 3.61. The first-order valence-electron chi connectivity index (χ1n) is 10.8. The third-order valence-electron chi connectivity index (χ3n) is 5.71. The van der Waals surface area contributed by atoms with Crippen molar-refractivity contribution in [3.63, 3.8) is 0 Å². The molecule has 0 saturated heterocycles. The topological polar surface area (TPSA) is 84.7 Å². The minimum Gasteiger partial charge on any atom is -0.393 e. The summed E-state index contributed by atoms with van der Waals surface area (Å²) in [5.41, 5.74) is 1.16. The van der Waals surface area contributed by atoms with Crippen LogP contribution in [0.4, 0.5) is 5.69 Å². The number of halogens is 1. The van der Waals surface area contributed by atoms with Crippen molar-refractivity contribution in [1.29, 1.82) is 0 Å². The molecule has 0 amide bonds. The standard InChI is InChI=1S/C23H32ClN3O4SSi/c1-23(16-28,18-9-11-19(24)12-10-18)27-22-8-6-7-21(20(22)15-25-27)26(32(2,29)30)17-31-13-14-33(3,4)5/h6-12,15,28H,13-14,16-17H2,1-5H3. The Morgan fingerprint density at radius 1 is 1.18 bits per heavy atom. The van der Waals surface area contributed by atoms with E-state index in [1.165, 1.54) is 10.6 Å². The SMILES string of the molecule is CC(CO)(c1ccc(Cl)cc1)n1ncc2c(N(COCC[Si](C)(C)C)S(C)(=O)=O)cccc21. The molecule has 0 aliphatic rings. The Morgan fingerprint density at radius 2 is 1.85 bits per heavy atom. The van der Waals surface area contributed by atoms with Gasteiger partial charge in [0.15, 0.2) is 0 Å². The molecule has 0 aliphatic heterocycles. The van der Waals surface area contributed by atoms with Gasteiger partial charge in [0.05, 0.1) is 30.3 Å². The van der Waals surface area contributed by atoms with Crippen LogP contribution in [0.3, 0.4) is 0 Å². The number of anilines is 1. The molecular formula is C23H32ClN3O4SSi. The molecule has 0 aliphatic carbocycles.